The van der Waals surface area contributed by atoms with Crippen LogP contribution in [-0.4, -0.2) is 16.8 Å². The van der Waals surface area contributed by atoms with Gasteiger partial charge in [0, 0.05) is 13.0 Å². The van der Waals surface area contributed by atoms with Crippen molar-refractivity contribution in [2.45, 2.75) is 11.5 Å². The summed E-state index contributed by atoms with van der Waals surface area (Å²) >= 11 is 2.61. The molecule has 0 saturated carbocycles. The monoisotopic (exact) mass is 156 g/mol. The van der Waals surface area contributed by atoms with E-state index >= 15 is 0 Å². The molecule has 38 valence electrons. The zero-order chi connectivity index (χ0) is 4.99. The Hall–Kier alpha value is 0.370. The summed E-state index contributed by atoms with van der Waals surface area (Å²) in [5, 5.41) is 6.93. The number of hydrogen-bond acceptors (Lipinski definition) is 1. The molecule has 0 rings (SSSR count). The third kappa shape index (κ3) is 4.37. The minimum atomic E-state index is -1.04. The van der Waals surface area contributed by atoms with E-state index in [9.17, 15) is 4.39 Å². The maximum absolute atomic E-state index is 11.5. The van der Waals surface area contributed by atoms with Gasteiger partial charge in [-0.05, 0) is 0 Å². The van der Waals surface area contributed by atoms with Gasteiger partial charge in [0.2, 0.25) is 0 Å². The van der Waals surface area contributed by atoms with Crippen molar-refractivity contribution in [1.29, 1.82) is 0 Å². The molecular formula is C3H6BrFO. The second kappa shape index (κ2) is 3.56. The van der Waals surface area contributed by atoms with Crippen LogP contribution in [0.1, 0.15) is 6.42 Å². The molecule has 0 heterocycles. The molecule has 0 aromatic rings. The van der Waals surface area contributed by atoms with Crippen LogP contribution in [0.2, 0.25) is 0 Å². The third-order valence-electron chi connectivity index (χ3n) is 0.347. The topological polar surface area (TPSA) is 20.2 Å². The summed E-state index contributed by atoms with van der Waals surface area (Å²) in [4.78, 5) is 0. The number of rotatable bonds is 2. The first-order valence-electron chi connectivity index (χ1n) is 1.66. The lowest BCUT2D eigenvalue weighted by Crippen LogP contribution is -1.90. The van der Waals surface area contributed by atoms with Gasteiger partial charge in [-0.15, -0.1) is 0 Å². The van der Waals surface area contributed by atoms with Crippen LogP contribution in [0.5, 0.6) is 0 Å². The van der Waals surface area contributed by atoms with Crippen molar-refractivity contribution in [1.82, 2.24) is 0 Å². The molecule has 1 N–H and O–H groups in total. The van der Waals surface area contributed by atoms with E-state index < -0.39 is 5.08 Å². The quantitative estimate of drug-likeness (QED) is 0.594. The van der Waals surface area contributed by atoms with Crippen LogP contribution in [-0.2, 0) is 0 Å². The van der Waals surface area contributed by atoms with Crippen LogP contribution < -0.4 is 0 Å². The highest BCUT2D eigenvalue weighted by atomic mass is 79.9. The van der Waals surface area contributed by atoms with Gasteiger partial charge in [-0.3, -0.25) is 0 Å². The Kier molecular flexibility index (Phi) is 3.78. The molecule has 0 aliphatic rings. The molecule has 6 heavy (non-hydrogen) atoms. The Labute approximate surface area is 44.3 Å². The number of alkyl halides is 2. The second-order valence-electron chi connectivity index (χ2n) is 0.903. The van der Waals surface area contributed by atoms with Crippen molar-refractivity contribution >= 4 is 15.9 Å². The number of aliphatic hydroxyl groups is 1. The summed E-state index contributed by atoms with van der Waals surface area (Å²) in [5.74, 6) is 0. The summed E-state index contributed by atoms with van der Waals surface area (Å²) in [6.07, 6.45) is 0.181. The summed E-state index contributed by atoms with van der Waals surface area (Å²) in [5.41, 5.74) is 0. The summed E-state index contributed by atoms with van der Waals surface area (Å²) in [6.45, 7) is -0.0909. The van der Waals surface area contributed by atoms with E-state index in [0.717, 1.165) is 0 Å². The molecule has 0 radical (unpaired) electrons. The van der Waals surface area contributed by atoms with E-state index in [-0.39, 0.29) is 13.0 Å². The standard InChI is InChI=1S/C3H6BrFO/c4-3(5)1-2-6/h3,6H,1-2H2. The predicted molar refractivity (Wildman–Crippen MR) is 25.5 cm³/mol. The van der Waals surface area contributed by atoms with Gasteiger partial charge in [0.05, 0.1) is 0 Å². The highest BCUT2D eigenvalue weighted by Crippen LogP contribution is 2.03. The van der Waals surface area contributed by atoms with E-state index in [4.69, 9.17) is 5.11 Å². The SMILES string of the molecule is OCCC(F)Br. The highest BCUT2D eigenvalue weighted by molar-refractivity contribution is 9.09. The number of halogens is 2. The smallest absolute Gasteiger partial charge is 0.157 e. The Morgan fingerprint density at radius 2 is 2.33 bits per heavy atom. The Morgan fingerprint density at radius 3 is 2.33 bits per heavy atom. The predicted octanol–water partition coefficient (Wildman–Crippen LogP) is 1.06. The molecule has 1 nitrogen and oxygen atoms in total. The highest BCUT2D eigenvalue weighted by Gasteiger charge is 1.93. The van der Waals surface area contributed by atoms with E-state index in [2.05, 4.69) is 15.9 Å². The molecule has 1 atom stereocenters. The van der Waals surface area contributed by atoms with Gasteiger partial charge in [-0.25, -0.2) is 4.39 Å². The van der Waals surface area contributed by atoms with Crippen LogP contribution in [0.3, 0.4) is 0 Å². The van der Waals surface area contributed by atoms with Crippen molar-refractivity contribution in [3.8, 4) is 0 Å². The molecule has 0 spiro atoms. The largest absolute Gasteiger partial charge is 0.396 e. The molecule has 0 saturated heterocycles. The summed E-state index contributed by atoms with van der Waals surface area (Å²) in [6, 6.07) is 0. The van der Waals surface area contributed by atoms with Crippen LogP contribution in [0.4, 0.5) is 4.39 Å². The van der Waals surface area contributed by atoms with Gasteiger partial charge in [0.15, 0.2) is 5.08 Å². The van der Waals surface area contributed by atoms with E-state index in [1.807, 2.05) is 0 Å². The van der Waals surface area contributed by atoms with Crippen molar-refractivity contribution in [2.75, 3.05) is 6.61 Å². The zero-order valence-electron chi connectivity index (χ0n) is 3.19. The Balaban J connectivity index is 2.63. The van der Waals surface area contributed by atoms with Crippen LogP contribution in [0.15, 0.2) is 0 Å². The van der Waals surface area contributed by atoms with Gasteiger partial charge in [-0.1, -0.05) is 15.9 Å². The molecule has 0 aliphatic heterocycles. The first kappa shape index (κ1) is 6.37. The molecule has 3 heteroatoms. The molecule has 1 unspecified atom stereocenters. The third-order valence-corrected chi connectivity index (χ3v) is 0.805. The molecule has 0 fully saturated rings. The molecule has 0 aromatic carbocycles. The summed E-state index contributed by atoms with van der Waals surface area (Å²) < 4.78 is 11.5. The Morgan fingerprint density at radius 1 is 1.83 bits per heavy atom. The maximum Gasteiger partial charge on any atom is 0.157 e. The first-order chi connectivity index (χ1) is 2.77. The zero-order valence-corrected chi connectivity index (χ0v) is 4.78. The molecule has 0 aliphatic carbocycles. The lowest BCUT2D eigenvalue weighted by molar-refractivity contribution is 0.261. The maximum atomic E-state index is 11.5. The first-order valence-corrected chi connectivity index (χ1v) is 2.58. The fourth-order valence-electron chi connectivity index (χ4n) is 0.0976. The molecular weight excluding hydrogens is 151 g/mol. The van der Waals surface area contributed by atoms with E-state index in [1.54, 1.807) is 0 Å². The van der Waals surface area contributed by atoms with Crippen LogP contribution >= 0.6 is 15.9 Å². The normalized spacial score (nSPS) is 14.5. The van der Waals surface area contributed by atoms with Crippen molar-refractivity contribution in [3.05, 3.63) is 0 Å². The summed E-state index contributed by atoms with van der Waals surface area (Å²) in [7, 11) is 0. The van der Waals surface area contributed by atoms with Gasteiger partial charge in [0.25, 0.3) is 0 Å². The van der Waals surface area contributed by atoms with Crippen LogP contribution in [0.25, 0.3) is 0 Å². The number of hydrogen-bond donors (Lipinski definition) is 1. The van der Waals surface area contributed by atoms with Crippen LogP contribution in [0, 0.1) is 0 Å². The van der Waals surface area contributed by atoms with E-state index in [1.165, 1.54) is 0 Å². The Bertz CT molecular complexity index is 32.0. The minimum Gasteiger partial charge on any atom is -0.396 e. The van der Waals surface area contributed by atoms with Crippen molar-refractivity contribution in [3.63, 3.8) is 0 Å². The van der Waals surface area contributed by atoms with Gasteiger partial charge < -0.3 is 5.11 Å². The average molecular weight is 157 g/mol. The molecule has 0 aromatic heterocycles. The van der Waals surface area contributed by atoms with Crippen molar-refractivity contribution < 1.29 is 9.50 Å². The second-order valence-corrected chi connectivity index (χ2v) is 1.90. The van der Waals surface area contributed by atoms with Gasteiger partial charge >= 0.3 is 0 Å². The minimum absolute atomic E-state index is 0.0909. The fourth-order valence-corrected chi connectivity index (χ4v) is 0.302. The molecule has 0 amide bonds. The number of aliphatic hydroxyl groups excluding tert-OH is 1. The lowest BCUT2D eigenvalue weighted by atomic mass is 10.5. The van der Waals surface area contributed by atoms with Gasteiger partial charge in [-0.2, -0.15) is 0 Å². The van der Waals surface area contributed by atoms with Crippen molar-refractivity contribution in [2.24, 2.45) is 0 Å². The fraction of sp³-hybridized carbons (Fsp3) is 1.00. The average Bonchev–Trinajstić information content (AvgIpc) is 1.35. The molecule has 0 bridgehead atoms. The lowest BCUT2D eigenvalue weighted by Gasteiger charge is -1.89. The van der Waals surface area contributed by atoms with E-state index in [0.29, 0.717) is 0 Å². The van der Waals surface area contributed by atoms with Gasteiger partial charge in [0.1, 0.15) is 0 Å².